The van der Waals surface area contributed by atoms with Gasteiger partial charge < -0.3 is 9.47 Å². The summed E-state index contributed by atoms with van der Waals surface area (Å²) in [6.45, 7) is 3.08. The van der Waals surface area contributed by atoms with Crippen LogP contribution in [0, 0.1) is 0 Å². The van der Waals surface area contributed by atoms with Crippen molar-refractivity contribution in [2.75, 3.05) is 13.2 Å². The molecule has 0 aliphatic heterocycles. The van der Waals surface area contributed by atoms with E-state index in [-0.39, 0.29) is 13.0 Å². The van der Waals surface area contributed by atoms with Crippen LogP contribution in [0.4, 0.5) is 39.5 Å². The molecule has 0 aromatic rings. The van der Waals surface area contributed by atoms with Crippen LogP contribution in [-0.4, -0.2) is 49.2 Å². The maximum atomic E-state index is 13.5. The van der Waals surface area contributed by atoms with E-state index >= 15 is 0 Å². The summed E-state index contributed by atoms with van der Waals surface area (Å²) in [7, 11) is 0. The van der Waals surface area contributed by atoms with E-state index in [1.165, 1.54) is 6.92 Å². The lowest BCUT2D eigenvalue weighted by Gasteiger charge is -2.35. The zero-order valence-corrected chi connectivity index (χ0v) is 12.8. The molecule has 0 rings (SSSR count). The van der Waals surface area contributed by atoms with E-state index in [0.717, 1.165) is 0 Å². The van der Waals surface area contributed by atoms with Crippen molar-refractivity contribution in [3.63, 3.8) is 0 Å². The number of alkyl halides is 9. The number of halogens is 9. The molecular weight excluding hydrogens is 375 g/mol. The Hall–Kier alpha value is -1.46. The molecule has 0 N–H and O–H groups in total. The third kappa shape index (κ3) is 5.51. The van der Waals surface area contributed by atoms with Gasteiger partial charge >= 0.3 is 29.9 Å². The van der Waals surface area contributed by atoms with Gasteiger partial charge in [-0.15, -0.1) is 0 Å². The average molecular weight is 390 g/mol. The van der Waals surface area contributed by atoms with Crippen LogP contribution in [-0.2, 0) is 14.3 Å². The van der Waals surface area contributed by atoms with Crippen LogP contribution in [0.3, 0.4) is 0 Å². The van der Waals surface area contributed by atoms with Gasteiger partial charge in [-0.05, 0) is 6.42 Å². The minimum Gasteiger partial charge on any atom is -0.460 e. The summed E-state index contributed by atoms with van der Waals surface area (Å²) < 4.78 is 124. The molecule has 148 valence electrons. The summed E-state index contributed by atoms with van der Waals surface area (Å²) >= 11 is 0. The number of carbonyl (C=O) groups is 1. The lowest BCUT2D eigenvalue weighted by Crippen LogP contribution is -2.61. The molecule has 3 nitrogen and oxygen atoms in total. The number of rotatable bonds is 10. The fourth-order valence-electron chi connectivity index (χ4n) is 1.51. The summed E-state index contributed by atoms with van der Waals surface area (Å²) in [6, 6.07) is 0. The Morgan fingerprint density at radius 2 is 1.56 bits per heavy atom. The molecule has 0 amide bonds. The predicted octanol–water partition coefficient (Wildman–Crippen LogP) is 4.37. The van der Waals surface area contributed by atoms with Crippen LogP contribution in [0.15, 0.2) is 12.7 Å². The van der Waals surface area contributed by atoms with Crippen molar-refractivity contribution >= 4 is 5.97 Å². The lowest BCUT2D eigenvalue weighted by atomic mass is 9.98. The van der Waals surface area contributed by atoms with E-state index < -0.39 is 49.0 Å². The van der Waals surface area contributed by atoms with Gasteiger partial charge in [0, 0.05) is 19.1 Å². The molecule has 0 saturated heterocycles. The first kappa shape index (κ1) is 23.5. The molecule has 0 aromatic carbocycles. The predicted molar refractivity (Wildman–Crippen MR) is 66.7 cm³/mol. The second kappa shape index (κ2) is 8.28. The van der Waals surface area contributed by atoms with Crippen molar-refractivity contribution in [2.45, 2.75) is 49.8 Å². The van der Waals surface area contributed by atoms with E-state index in [2.05, 4.69) is 16.1 Å². The zero-order valence-electron chi connectivity index (χ0n) is 12.8. The van der Waals surface area contributed by atoms with Gasteiger partial charge in [0.15, 0.2) is 0 Å². The molecule has 0 heterocycles. The third-order valence-corrected chi connectivity index (χ3v) is 2.83. The zero-order chi connectivity index (χ0) is 20.1. The first-order valence-electron chi connectivity index (χ1n) is 6.75. The highest BCUT2D eigenvalue weighted by molar-refractivity contribution is 5.81. The van der Waals surface area contributed by atoms with Crippen LogP contribution >= 0.6 is 0 Å². The topological polar surface area (TPSA) is 35.5 Å². The van der Waals surface area contributed by atoms with E-state index in [1.807, 2.05) is 0 Å². The van der Waals surface area contributed by atoms with Crippen LogP contribution in [0.25, 0.3) is 0 Å². The van der Waals surface area contributed by atoms with E-state index in [0.29, 0.717) is 6.08 Å². The first-order valence-corrected chi connectivity index (χ1v) is 6.75. The van der Waals surface area contributed by atoms with Gasteiger partial charge in [-0.25, -0.2) is 4.79 Å². The van der Waals surface area contributed by atoms with Gasteiger partial charge in [-0.3, -0.25) is 0 Å². The Morgan fingerprint density at radius 1 is 1.04 bits per heavy atom. The summed E-state index contributed by atoms with van der Waals surface area (Å²) in [4.78, 5) is 10.8. The van der Waals surface area contributed by atoms with Gasteiger partial charge in [0.05, 0.1) is 6.10 Å². The molecule has 0 saturated carbocycles. The first-order chi connectivity index (χ1) is 11.1. The van der Waals surface area contributed by atoms with Gasteiger partial charge in [0.1, 0.15) is 6.61 Å². The molecular formula is C13H15F9O3. The second-order valence-corrected chi connectivity index (χ2v) is 4.88. The molecule has 0 aliphatic rings. The highest BCUT2D eigenvalue weighted by Gasteiger charge is 2.81. The summed E-state index contributed by atoms with van der Waals surface area (Å²) in [5.41, 5.74) is 0. The standard InChI is InChI=1S/C13H15F9O3/c1-3-5-24-8(7-25-9(23)4-2)6-10(14,15)11(16,17)12(18,19)13(20,21)22/h4,8H,2-3,5-7H2,1H3. The highest BCUT2D eigenvalue weighted by Crippen LogP contribution is 2.54. The fourth-order valence-corrected chi connectivity index (χ4v) is 1.51. The summed E-state index contributed by atoms with van der Waals surface area (Å²) in [5.74, 6) is -20.7. The van der Waals surface area contributed by atoms with Crippen molar-refractivity contribution in [1.82, 2.24) is 0 Å². The molecule has 0 aromatic heterocycles. The molecule has 0 spiro atoms. The average Bonchev–Trinajstić information content (AvgIpc) is 2.47. The van der Waals surface area contributed by atoms with Crippen LogP contribution in [0.5, 0.6) is 0 Å². The van der Waals surface area contributed by atoms with Crippen molar-refractivity contribution in [2.24, 2.45) is 0 Å². The van der Waals surface area contributed by atoms with Crippen LogP contribution in [0.2, 0.25) is 0 Å². The van der Waals surface area contributed by atoms with Gasteiger partial charge in [-0.2, -0.15) is 39.5 Å². The van der Waals surface area contributed by atoms with Gasteiger partial charge in [-0.1, -0.05) is 13.5 Å². The molecule has 0 radical (unpaired) electrons. The molecule has 1 atom stereocenters. The Bertz CT molecular complexity index is 460. The Morgan fingerprint density at radius 3 is 1.96 bits per heavy atom. The lowest BCUT2D eigenvalue weighted by molar-refractivity contribution is -0.398. The number of hydrogen-bond donors (Lipinski definition) is 0. The van der Waals surface area contributed by atoms with E-state index in [1.54, 1.807) is 0 Å². The van der Waals surface area contributed by atoms with Crippen molar-refractivity contribution in [1.29, 1.82) is 0 Å². The Balaban J connectivity index is 5.40. The quantitative estimate of drug-likeness (QED) is 0.316. The van der Waals surface area contributed by atoms with E-state index in [4.69, 9.17) is 0 Å². The second-order valence-electron chi connectivity index (χ2n) is 4.88. The highest BCUT2D eigenvalue weighted by atomic mass is 19.4. The number of ether oxygens (including phenoxy) is 2. The van der Waals surface area contributed by atoms with Gasteiger partial charge in [0.25, 0.3) is 0 Å². The van der Waals surface area contributed by atoms with Crippen molar-refractivity contribution < 1.29 is 53.8 Å². The number of carbonyl (C=O) groups excluding carboxylic acids is 1. The minimum absolute atomic E-state index is 0.187. The van der Waals surface area contributed by atoms with E-state index in [9.17, 15) is 44.3 Å². The number of esters is 1. The minimum atomic E-state index is -6.98. The Kier molecular flexibility index (Phi) is 7.80. The Labute approximate surface area is 136 Å². The monoisotopic (exact) mass is 390 g/mol. The molecule has 0 aliphatic carbocycles. The molecule has 1 unspecified atom stereocenters. The molecule has 0 bridgehead atoms. The smallest absolute Gasteiger partial charge is 0.460 e. The maximum absolute atomic E-state index is 13.5. The van der Waals surface area contributed by atoms with Crippen LogP contribution < -0.4 is 0 Å². The van der Waals surface area contributed by atoms with Crippen LogP contribution in [0.1, 0.15) is 19.8 Å². The third-order valence-electron chi connectivity index (χ3n) is 2.83. The van der Waals surface area contributed by atoms with Crippen molar-refractivity contribution in [3.05, 3.63) is 12.7 Å². The molecule has 12 heteroatoms. The SMILES string of the molecule is C=CC(=O)OCC(CC(F)(F)C(F)(F)C(F)(F)C(F)(F)F)OCCC. The van der Waals surface area contributed by atoms with Gasteiger partial charge in [0.2, 0.25) is 0 Å². The largest absolute Gasteiger partial charge is 0.460 e. The molecule has 0 fully saturated rings. The summed E-state index contributed by atoms with van der Waals surface area (Å²) in [5, 5.41) is 0. The normalized spacial score (nSPS) is 15.0. The fraction of sp³-hybridized carbons (Fsp3) is 0.769. The number of hydrogen-bond acceptors (Lipinski definition) is 3. The van der Waals surface area contributed by atoms with Crippen molar-refractivity contribution in [3.8, 4) is 0 Å². The summed E-state index contributed by atoms with van der Waals surface area (Å²) in [6.07, 6.45) is -10.4. The molecule has 25 heavy (non-hydrogen) atoms. The maximum Gasteiger partial charge on any atom is 0.460 e.